The lowest BCUT2D eigenvalue weighted by atomic mass is 10.3. The van der Waals surface area contributed by atoms with Crippen molar-refractivity contribution in [2.24, 2.45) is 0 Å². The lowest BCUT2D eigenvalue weighted by Crippen LogP contribution is -1.79. The molecule has 0 fully saturated rings. The second kappa shape index (κ2) is 4.08. The van der Waals surface area contributed by atoms with E-state index in [4.69, 9.17) is 0 Å². The zero-order valence-corrected chi connectivity index (χ0v) is 8.68. The number of aromatic nitrogens is 2. The normalized spacial score (nSPS) is 9.54. The lowest BCUT2D eigenvalue weighted by molar-refractivity contribution is 1.20. The van der Waals surface area contributed by atoms with E-state index in [0.29, 0.717) is 0 Å². The number of rotatable bonds is 0. The molecular weight excluding hydrogens is 160 g/mol. The molecule has 0 bridgehead atoms. The molecule has 2 heterocycles. The quantitative estimate of drug-likeness (QED) is 0.656. The maximum Gasteiger partial charge on any atom is 0.137 e. The van der Waals surface area contributed by atoms with Crippen molar-refractivity contribution in [2.75, 3.05) is 0 Å². The number of nitrogens with zero attached hydrogens (tertiary/aromatic N) is 1. The summed E-state index contributed by atoms with van der Waals surface area (Å²) in [5, 5.41) is 1.19. The zero-order valence-electron chi connectivity index (χ0n) is 8.68. The topological polar surface area (TPSA) is 28.7 Å². The van der Waals surface area contributed by atoms with Crippen LogP contribution in [0, 0.1) is 13.8 Å². The standard InChI is InChI=1S/C9H10N2.C2H6/c1-6-3-4-8-5-7(2)11-9(8)10-6;1-2/h3-5H,1-2H3,(H,10,11);1-2H3. The number of fused-ring (bicyclic) bond motifs is 1. The average Bonchev–Trinajstić information content (AvgIpc) is 2.48. The molecule has 0 aliphatic carbocycles. The molecule has 70 valence electrons. The molecule has 2 heteroatoms. The van der Waals surface area contributed by atoms with E-state index in [9.17, 15) is 0 Å². The summed E-state index contributed by atoms with van der Waals surface area (Å²) in [6.45, 7) is 8.03. The largest absolute Gasteiger partial charge is 0.344 e. The predicted molar refractivity (Wildman–Crippen MR) is 56.9 cm³/mol. The Balaban J connectivity index is 0.000000396. The number of hydrogen-bond donors (Lipinski definition) is 1. The molecule has 2 aromatic heterocycles. The minimum absolute atomic E-state index is 0.988. The average molecular weight is 176 g/mol. The summed E-state index contributed by atoms with van der Waals surface area (Å²) in [4.78, 5) is 7.53. The number of pyridine rings is 1. The Morgan fingerprint density at radius 2 is 1.85 bits per heavy atom. The van der Waals surface area contributed by atoms with Gasteiger partial charge in [0.05, 0.1) is 0 Å². The van der Waals surface area contributed by atoms with Gasteiger partial charge in [-0.15, -0.1) is 0 Å². The van der Waals surface area contributed by atoms with Crippen LogP contribution in [-0.4, -0.2) is 9.97 Å². The van der Waals surface area contributed by atoms with Crippen LogP contribution in [0.5, 0.6) is 0 Å². The molecule has 0 spiro atoms. The SMILES string of the molecule is CC.Cc1ccc2cc(C)[nH]c2n1. The van der Waals surface area contributed by atoms with Crippen LogP contribution in [-0.2, 0) is 0 Å². The maximum absolute atomic E-state index is 4.34. The zero-order chi connectivity index (χ0) is 9.84. The minimum atomic E-state index is 0.988. The van der Waals surface area contributed by atoms with Gasteiger partial charge in [0.2, 0.25) is 0 Å². The Labute approximate surface area is 79.0 Å². The van der Waals surface area contributed by atoms with Gasteiger partial charge in [-0.05, 0) is 32.0 Å². The molecule has 0 saturated carbocycles. The van der Waals surface area contributed by atoms with Gasteiger partial charge in [-0.2, -0.15) is 0 Å². The van der Waals surface area contributed by atoms with E-state index in [1.807, 2.05) is 33.8 Å². The molecule has 0 aliphatic rings. The first-order valence-corrected chi connectivity index (χ1v) is 4.69. The first-order chi connectivity index (χ1) is 6.25. The Bertz CT molecular complexity index is 388. The summed E-state index contributed by atoms with van der Waals surface area (Å²) in [5.41, 5.74) is 3.21. The van der Waals surface area contributed by atoms with Crippen molar-refractivity contribution in [2.45, 2.75) is 27.7 Å². The van der Waals surface area contributed by atoms with Gasteiger partial charge in [0.25, 0.3) is 0 Å². The van der Waals surface area contributed by atoms with E-state index in [-0.39, 0.29) is 0 Å². The molecule has 1 N–H and O–H groups in total. The van der Waals surface area contributed by atoms with Crippen LogP contribution in [0.1, 0.15) is 25.2 Å². The first kappa shape index (κ1) is 9.78. The number of aromatic amines is 1. The van der Waals surface area contributed by atoms with Crippen molar-refractivity contribution in [3.05, 3.63) is 29.6 Å². The van der Waals surface area contributed by atoms with E-state index in [1.165, 1.54) is 5.39 Å². The van der Waals surface area contributed by atoms with Gasteiger partial charge in [0, 0.05) is 16.8 Å². The van der Waals surface area contributed by atoms with Crippen LogP contribution >= 0.6 is 0 Å². The smallest absolute Gasteiger partial charge is 0.137 e. The highest BCUT2D eigenvalue weighted by molar-refractivity contribution is 5.76. The first-order valence-electron chi connectivity index (χ1n) is 4.69. The van der Waals surface area contributed by atoms with Crippen molar-refractivity contribution in [3.63, 3.8) is 0 Å². The predicted octanol–water partition coefficient (Wildman–Crippen LogP) is 3.21. The lowest BCUT2D eigenvalue weighted by Gasteiger charge is -1.89. The molecule has 2 nitrogen and oxygen atoms in total. The molecule has 0 aliphatic heterocycles. The van der Waals surface area contributed by atoms with Crippen molar-refractivity contribution < 1.29 is 0 Å². The third-order valence-corrected chi connectivity index (χ3v) is 1.75. The molecule has 0 saturated heterocycles. The Morgan fingerprint density at radius 1 is 1.15 bits per heavy atom. The molecule has 0 aromatic carbocycles. The molecule has 0 radical (unpaired) electrons. The summed E-state index contributed by atoms with van der Waals surface area (Å²) in [6.07, 6.45) is 0. The molecule has 2 rings (SSSR count). The highest BCUT2D eigenvalue weighted by Gasteiger charge is 1.96. The van der Waals surface area contributed by atoms with E-state index >= 15 is 0 Å². The van der Waals surface area contributed by atoms with Crippen molar-refractivity contribution >= 4 is 11.0 Å². The van der Waals surface area contributed by atoms with Crippen LogP contribution < -0.4 is 0 Å². The summed E-state index contributed by atoms with van der Waals surface area (Å²) in [7, 11) is 0. The Hall–Kier alpha value is -1.31. The number of nitrogens with one attached hydrogen (secondary N) is 1. The van der Waals surface area contributed by atoms with Gasteiger partial charge in [0.1, 0.15) is 5.65 Å². The molecule has 0 atom stereocenters. The van der Waals surface area contributed by atoms with Crippen molar-refractivity contribution in [3.8, 4) is 0 Å². The van der Waals surface area contributed by atoms with Crippen LogP contribution in [0.15, 0.2) is 18.2 Å². The van der Waals surface area contributed by atoms with E-state index in [2.05, 4.69) is 22.1 Å². The van der Waals surface area contributed by atoms with Gasteiger partial charge >= 0.3 is 0 Å². The van der Waals surface area contributed by atoms with Crippen LogP contribution in [0.2, 0.25) is 0 Å². The number of aryl methyl sites for hydroxylation is 2. The number of H-pyrrole nitrogens is 1. The second-order valence-corrected chi connectivity index (χ2v) is 2.84. The summed E-state index contributed by atoms with van der Waals surface area (Å²) in [6, 6.07) is 6.21. The van der Waals surface area contributed by atoms with Crippen molar-refractivity contribution in [1.29, 1.82) is 0 Å². The molecule has 13 heavy (non-hydrogen) atoms. The monoisotopic (exact) mass is 176 g/mol. The van der Waals surface area contributed by atoms with Crippen molar-refractivity contribution in [1.82, 2.24) is 9.97 Å². The van der Waals surface area contributed by atoms with Crippen LogP contribution in [0.3, 0.4) is 0 Å². The minimum Gasteiger partial charge on any atom is -0.344 e. The van der Waals surface area contributed by atoms with E-state index < -0.39 is 0 Å². The number of hydrogen-bond acceptors (Lipinski definition) is 1. The summed E-state index contributed by atoms with van der Waals surface area (Å²) >= 11 is 0. The third kappa shape index (κ3) is 2.08. The fraction of sp³-hybridized carbons (Fsp3) is 0.364. The van der Waals surface area contributed by atoms with Gasteiger partial charge in [-0.1, -0.05) is 13.8 Å². The Kier molecular flexibility index (Phi) is 3.07. The molecule has 2 aromatic rings. The van der Waals surface area contributed by atoms with Gasteiger partial charge in [0.15, 0.2) is 0 Å². The Morgan fingerprint density at radius 3 is 2.54 bits per heavy atom. The summed E-state index contributed by atoms with van der Waals surface area (Å²) in [5.74, 6) is 0. The van der Waals surface area contributed by atoms with Gasteiger partial charge in [-0.3, -0.25) is 0 Å². The van der Waals surface area contributed by atoms with Gasteiger partial charge in [-0.25, -0.2) is 4.98 Å². The van der Waals surface area contributed by atoms with Crippen LogP contribution in [0.4, 0.5) is 0 Å². The maximum atomic E-state index is 4.34. The molecule has 0 amide bonds. The molecule has 0 unspecified atom stereocenters. The van der Waals surface area contributed by atoms with E-state index in [1.54, 1.807) is 0 Å². The molecular formula is C11H16N2. The highest BCUT2D eigenvalue weighted by atomic mass is 14.9. The second-order valence-electron chi connectivity index (χ2n) is 2.84. The fourth-order valence-electron chi connectivity index (χ4n) is 1.24. The van der Waals surface area contributed by atoms with Crippen LogP contribution in [0.25, 0.3) is 11.0 Å². The summed E-state index contributed by atoms with van der Waals surface area (Å²) < 4.78 is 0. The third-order valence-electron chi connectivity index (χ3n) is 1.75. The van der Waals surface area contributed by atoms with E-state index in [0.717, 1.165) is 17.0 Å². The highest BCUT2D eigenvalue weighted by Crippen LogP contribution is 2.12. The fourth-order valence-corrected chi connectivity index (χ4v) is 1.24. The van der Waals surface area contributed by atoms with Gasteiger partial charge < -0.3 is 4.98 Å².